The van der Waals surface area contributed by atoms with E-state index in [9.17, 15) is 19.5 Å². The van der Waals surface area contributed by atoms with Crippen molar-refractivity contribution >= 4 is 34.5 Å². The summed E-state index contributed by atoms with van der Waals surface area (Å²) in [7, 11) is 1.61. The van der Waals surface area contributed by atoms with Crippen molar-refractivity contribution in [2.45, 2.75) is 12.5 Å². The van der Waals surface area contributed by atoms with Gasteiger partial charge in [0.15, 0.2) is 0 Å². The van der Waals surface area contributed by atoms with Gasteiger partial charge in [0, 0.05) is 36.3 Å². The molecule has 0 radical (unpaired) electrons. The second-order valence-corrected chi connectivity index (χ2v) is 6.57. The number of H-pyrrole nitrogens is 1. The molecule has 8 nitrogen and oxygen atoms in total. The quantitative estimate of drug-likeness (QED) is 0.491. The van der Waals surface area contributed by atoms with Crippen LogP contribution in [0.25, 0.3) is 10.9 Å². The fourth-order valence-electron chi connectivity index (χ4n) is 3.00. The summed E-state index contributed by atoms with van der Waals surface area (Å²) < 4.78 is 0. The van der Waals surface area contributed by atoms with Gasteiger partial charge in [0.05, 0.1) is 6.54 Å². The maximum Gasteiger partial charge on any atom is 0.326 e. The third kappa shape index (κ3) is 4.92. The second kappa shape index (κ2) is 8.92. The Morgan fingerprint density at radius 1 is 1.07 bits per heavy atom. The predicted molar refractivity (Wildman–Crippen MR) is 110 cm³/mol. The summed E-state index contributed by atoms with van der Waals surface area (Å²) in [6, 6.07) is 14.7. The maximum atomic E-state index is 12.2. The van der Waals surface area contributed by atoms with Crippen LogP contribution in [0.1, 0.15) is 5.56 Å². The molecule has 0 fully saturated rings. The minimum atomic E-state index is -1.15. The van der Waals surface area contributed by atoms with Crippen LogP contribution >= 0.6 is 0 Å². The number of rotatable bonds is 7. The number of hydrogen-bond acceptors (Lipinski definition) is 3. The minimum absolute atomic E-state index is 0.116. The molecule has 2 aromatic carbocycles. The number of carbonyl (C=O) groups is 3. The third-order valence-electron chi connectivity index (χ3n) is 4.62. The highest BCUT2D eigenvalue weighted by Gasteiger charge is 2.22. The van der Waals surface area contributed by atoms with E-state index in [0.717, 1.165) is 16.5 Å². The van der Waals surface area contributed by atoms with E-state index < -0.39 is 18.0 Å². The predicted octanol–water partition coefficient (Wildman–Crippen LogP) is 2.13. The lowest BCUT2D eigenvalue weighted by Gasteiger charge is -2.19. The Bertz CT molecular complexity index is 1020. The van der Waals surface area contributed by atoms with E-state index in [1.165, 1.54) is 4.90 Å². The molecule has 3 amide bonds. The number of fused-ring (bicyclic) bond motifs is 1. The molecule has 0 saturated carbocycles. The first-order chi connectivity index (χ1) is 14.0. The monoisotopic (exact) mass is 394 g/mol. The normalized spacial score (nSPS) is 11.6. The van der Waals surface area contributed by atoms with E-state index in [1.807, 2.05) is 30.3 Å². The van der Waals surface area contributed by atoms with E-state index >= 15 is 0 Å². The number of nitrogens with one attached hydrogen (secondary N) is 3. The molecule has 0 bridgehead atoms. The van der Waals surface area contributed by atoms with E-state index in [2.05, 4.69) is 15.6 Å². The largest absolute Gasteiger partial charge is 0.480 e. The standard InChI is InChI=1S/C21H22N4O4/c1-25(15-7-3-2-4-8-15)19(26)13-23-21(29)24-18(20(27)28)11-14-12-22-17-10-6-5-9-16(14)17/h2-10,12,18,22H,11,13H2,1H3,(H,27,28)(H2,23,24,29)/t18-/m1/s1. The number of benzene rings is 2. The zero-order valence-corrected chi connectivity index (χ0v) is 15.9. The van der Waals surface area contributed by atoms with E-state index in [4.69, 9.17) is 0 Å². The number of aromatic amines is 1. The number of nitrogens with zero attached hydrogens (tertiary/aromatic N) is 1. The molecular weight excluding hydrogens is 372 g/mol. The molecule has 0 spiro atoms. The molecule has 4 N–H and O–H groups in total. The first kappa shape index (κ1) is 19.9. The number of urea groups is 1. The lowest BCUT2D eigenvalue weighted by molar-refractivity contribution is -0.139. The number of para-hydroxylation sites is 2. The molecule has 150 valence electrons. The van der Waals surface area contributed by atoms with Crippen molar-refractivity contribution < 1.29 is 19.5 Å². The number of carboxylic acids is 1. The summed E-state index contributed by atoms with van der Waals surface area (Å²) in [6.07, 6.45) is 1.85. The average Bonchev–Trinajstić information content (AvgIpc) is 3.14. The first-order valence-electron chi connectivity index (χ1n) is 9.09. The van der Waals surface area contributed by atoms with Gasteiger partial charge in [-0.3, -0.25) is 4.79 Å². The molecule has 0 unspecified atom stereocenters. The highest BCUT2D eigenvalue weighted by atomic mass is 16.4. The Morgan fingerprint density at radius 3 is 2.48 bits per heavy atom. The molecule has 1 heterocycles. The number of amides is 3. The van der Waals surface area contributed by atoms with Gasteiger partial charge in [-0.2, -0.15) is 0 Å². The van der Waals surface area contributed by atoms with Crippen LogP contribution < -0.4 is 15.5 Å². The molecule has 1 atom stereocenters. The molecule has 3 rings (SSSR count). The molecule has 29 heavy (non-hydrogen) atoms. The smallest absolute Gasteiger partial charge is 0.326 e. The number of anilines is 1. The van der Waals surface area contributed by atoms with Crippen LogP contribution in [0.3, 0.4) is 0 Å². The summed E-state index contributed by atoms with van der Waals surface area (Å²) in [4.78, 5) is 40.5. The molecule has 0 saturated heterocycles. The Morgan fingerprint density at radius 2 is 1.76 bits per heavy atom. The molecule has 0 aliphatic heterocycles. The SMILES string of the molecule is CN(C(=O)CNC(=O)N[C@H](Cc1c[nH]c2ccccc12)C(=O)O)c1ccccc1. The minimum Gasteiger partial charge on any atom is -0.480 e. The Labute approximate surface area is 167 Å². The number of hydrogen-bond donors (Lipinski definition) is 4. The summed E-state index contributed by atoms with van der Waals surface area (Å²) in [5, 5.41) is 15.2. The second-order valence-electron chi connectivity index (χ2n) is 6.57. The topological polar surface area (TPSA) is 115 Å². The number of carboxylic acid groups (broad SMARTS) is 1. The van der Waals surface area contributed by atoms with Gasteiger partial charge in [-0.1, -0.05) is 36.4 Å². The van der Waals surface area contributed by atoms with Gasteiger partial charge < -0.3 is 25.6 Å². The molecule has 0 aliphatic carbocycles. The van der Waals surface area contributed by atoms with E-state index in [1.54, 1.807) is 37.5 Å². The van der Waals surface area contributed by atoms with Crippen LogP contribution in [0.4, 0.5) is 10.5 Å². The van der Waals surface area contributed by atoms with Gasteiger partial charge >= 0.3 is 12.0 Å². The number of aromatic nitrogens is 1. The molecule has 8 heteroatoms. The zero-order chi connectivity index (χ0) is 20.8. The van der Waals surface area contributed by atoms with E-state index in [-0.39, 0.29) is 18.9 Å². The van der Waals surface area contributed by atoms with Crippen molar-refractivity contribution in [3.8, 4) is 0 Å². The number of aliphatic carboxylic acids is 1. The molecule has 1 aromatic heterocycles. The van der Waals surface area contributed by atoms with Crippen molar-refractivity contribution in [3.63, 3.8) is 0 Å². The van der Waals surface area contributed by atoms with Crippen molar-refractivity contribution in [2.75, 3.05) is 18.5 Å². The van der Waals surface area contributed by atoms with Crippen molar-refractivity contribution in [1.82, 2.24) is 15.6 Å². The van der Waals surface area contributed by atoms with Gasteiger partial charge in [0.1, 0.15) is 6.04 Å². The van der Waals surface area contributed by atoms with Crippen molar-refractivity contribution in [1.29, 1.82) is 0 Å². The fourth-order valence-corrected chi connectivity index (χ4v) is 3.00. The lowest BCUT2D eigenvalue weighted by atomic mass is 10.1. The Kier molecular flexibility index (Phi) is 6.13. The zero-order valence-electron chi connectivity index (χ0n) is 15.9. The van der Waals surface area contributed by atoms with Gasteiger partial charge in [0.2, 0.25) is 5.91 Å². The van der Waals surface area contributed by atoms with Crippen LogP contribution in [-0.2, 0) is 16.0 Å². The molecule has 3 aromatic rings. The maximum absolute atomic E-state index is 12.2. The van der Waals surface area contributed by atoms with Crippen molar-refractivity contribution in [3.05, 3.63) is 66.4 Å². The summed E-state index contributed by atoms with van der Waals surface area (Å²) in [5.41, 5.74) is 2.38. The van der Waals surface area contributed by atoms with Crippen LogP contribution in [-0.4, -0.2) is 47.6 Å². The van der Waals surface area contributed by atoms with Gasteiger partial charge in [0.25, 0.3) is 0 Å². The molecule has 0 aliphatic rings. The van der Waals surface area contributed by atoms with Crippen LogP contribution in [0.2, 0.25) is 0 Å². The highest BCUT2D eigenvalue weighted by Crippen LogP contribution is 2.19. The number of likely N-dealkylation sites (N-methyl/N-ethyl adjacent to an activating group) is 1. The van der Waals surface area contributed by atoms with Gasteiger partial charge in [-0.25, -0.2) is 9.59 Å². The van der Waals surface area contributed by atoms with Crippen LogP contribution in [0.5, 0.6) is 0 Å². The van der Waals surface area contributed by atoms with Gasteiger partial charge in [-0.15, -0.1) is 0 Å². The average molecular weight is 394 g/mol. The van der Waals surface area contributed by atoms with Crippen molar-refractivity contribution in [2.24, 2.45) is 0 Å². The summed E-state index contributed by atoms with van der Waals surface area (Å²) >= 11 is 0. The van der Waals surface area contributed by atoms with Gasteiger partial charge in [-0.05, 0) is 23.8 Å². The van der Waals surface area contributed by atoms with Crippen LogP contribution in [0.15, 0.2) is 60.8 Å². The van der Waals surface area contributed by atoms with Crippen LogP contribution in [0, 0.1) is 0 Å². The Balaban J connectivity index is 1.57. The first-order valence-corrected chi connectivity index (χ1v) is 9.09. The third-order valence-corrected chi connectivity index (χ3v) is 4.62. The van der Waals surface area contributed by atoms with E-state index in [0.29, 0.717) is 5.69 Å². The summed E-state index contributed by atoms with van der Waals surface area (Å²) in [6.45, 7) is -0.253. The lowest BCUT2D eigenvalue weighted by Crippen LogP contribution is -2.49. The highest BCUT2D eigenvalue weighted by molar-refractivity contribution is 5.96. The number of carbonyl (C=O) groups excluding carboxylic acids is 2. The summed E-state index contributed by atoms with van der Waals surface area (Å²) in [5.74, 6) is -1.48. The fraction of sp³-hybridized carbons (Fsp3) is 0.190. The Hall–Kier alpha value is -3.81. The molecular formula is C21H22N4O4.